The summed E-state index contributed by atoms with van der Waals surface area (Å²) < 4.78 is 0. The smallest absolute Gasteiger partial charge is 0.219 e. The molecular formula is C28H51NO. The van der Waals surface area contributed by atoms with E-state index in [0.29, 0.717) is 6.42 Å². The third-order valence-corrected chi connectivity index (χ3v) is 5.41. The molecule has 0 heterocycles. The fourth-order valence-corrected chi connectivity index (χ4v) is 3.48. The molecule has 0 fully saturated rings. The van der Waals surface area contributed by atoms with Crippen LogP contribution in [-0.4, -0.2) is 12.5 Å². The third kappa shape index (κ3) is 24.7. The van der Waals surface area contributed by atoms with Gasteiger partial charge < -0.3 is 5.32 Å². The number of amides is 1. The van der Waals surface area contributed by atoms with E-state index in [0.717, 1.165) is 38.6 Å². The number of hydrogen-bond acceptors (Lipinski definition) is 1. The predicted octanol–water partition coefficient (Wildman–Crippen LogP) is 8.83. The van der Waals surface area contributed by atoms with Crippen molar-refractivity contribution in [2.45, 2.75) is 129 Å². The molecule has 2 nitrogen and oxygen atoms in total. The van der Waals surface area contributed by atoms with E-state index < -0.39 is 0 Å². The maximum absolute atomic E-state index is 11.9. The second-order valence-corrected chi connectivity index (χ2v) is 8.43. The lowest BCUT2D eigenvalue weighted by Gasteiger charge is -2.05. The Bertz CT molecular complexity index is 436. The molecule has 0 aliphatic rings. The van der Waals surface area contributed by atoms with Crippen molar-refractivity contribution in [3.63, 3.8) is 0 Å². The van der Waals surface area contributed by atoms with Crippen LogP contribution in [0.4, 0.5) is 0 Å². The first-order chi connectivity index (χ1) is 14.8. The largest absolute Gasteiger partial charge is 0.356 e. The minimum atomic E-state index is 0.249. The van der Waals surface area contributed by atoms with Crippen LogP contribution in [0.2, 0.25) is 0 Å². The summed E-state index contributed by atoms with van der Waals surface area (Å²) >= 11 is 0. The van der Waals surface area contributed by atoms with Gasteiger partial charge in [-0.05, 0) is 44.9 Å². The quantitative estimate of drug-likeness (QED) is 0.138. The van der Waals surface area contributed by atoms with E-state index in [4.69, 9.17) is 0 Å². The summed E-state index contributed by atoms with van der Waals surface area (Å²) in [4.78, 5) is 11.9. The number of hydrogen-bond donors (Lipinski definition) is 1. The SMILES string of the molecule is CC/C=C\C/C=C\C/C=C\CCCCCCCC(=O)NCCCCCCCCCC. The first-order valence-electron chi connectivity index (χ1n) is 13.0. The summed E-state index contributed by atoms with van der Waals surface area (Å²) in [5, 5.41) is 3.09. The Kier molecular flexibility index (Phi) is 24.6. The summed E-state index contributed by atoms with van der Waals surface area (Å²) in [5.74, 6) is 0.249. The van der Waals surface area contributed by atoms with Crippen LogP contribution in [0.25, 0.3) is 0 Å². The molecule has 0 unspecified atom stereocenters. The lowest BCUT2D eigenvalue weighted by Crippen LogP contribution is -2.23. The number of rotatable bonds is 22. The molecule has 0 bridgehead atoms. The van der Waals surface area contributed by atoms with Crippen LogP contribution in [0.15, 0.2) is 36.5 Å². The molecule has 0 atom stereocenters. The zero-order valence-electron chi connectivity index (χ0n) is 20.3. The summed E-state index contributed by atoms with van der Waals surface area (Å²) in [6.07, 6.45) is 35.2. The van der Waals surface area contributed by atoms with Gasteiger partial charge in [0.15, 0.2) is 0 Å². The Labute approximate surface area is 188 Å². The number of carbonyl (C=O) groups excluding carboxylic acids is 1. The summed E-state index contributed by atoms with van der Waals surface area (Å²) in [7, 11) is 0. The fraction of sp³-hybridized carbons (Fsp3) is 0.750. The first-order valence-corrected chi connectivity index (χ1v) is 13.0. The van der Waals surface area contributed by atoms with E-state index in [1.807, 2.05) is 0 Å². The lowest BCUT2D eigenvalue weighted by molar-refractivity contribution is -0.121. The van der Waals surface area contributed by atoms with Crippen molar-refractivity contribution in [1.29, 1.82) is 0 Å². The van der Waals surface area contributed by atoms with Crippen LogP contribution in [0.5, 0.6) is 0 Å². The molecule has 0 aromatic heterocycles. The number of unbranched alkanes of at least 4 members (excludes halogenated alkanes) is 12. The number of allylic oxidation sites excluding steroid dienone is 6. The highest BCUT2D eigenvalue weighted by Crippen LogP contribution is 2.09. The molecular weight excluding hydrogens is 366 g/mol. The Morgan fingerprint density at radius 2 is 1.13 bits per heavy atom. The van der Waals surface area contributed by atoms with Crippen LogP contribution in [-0.2, 0) is 4.79 Å². The van der Waals surface area contributed by atoms with Crippen LogP contribution in [0.1, 0.15) is 129 Å². The molecule has 0 aliphatic carbocycles. The van der Waals surface area contributed by atoms with E-state index in [9.17, 15) is 4.79 Å². The molecule has 0 aromatic rings. The Morgan fingerprint density at radius 1 is 0.600 bits per heavy atom. The average molecular weight is 418 g/mol. The van der Waals surface area contributed by atoms with Crippen LogP contribution in [0, 0.1) is 0 Å². The summed E-state index contributed by atoms with van der Waals surface area (Å²) in [5.41, 5.74) is 0. The molecule has 30 heavy (non-hydrogen) atoms. The Morgan fingerprint density at radius 3 is 1.80 bits per heavy atom. The molecule has 0 rings (SSSR count). The molecule has 0 saturated heterocycles. The highest BCUT2D eigenvalue weighted by Gasteiger charge is 2.00. The number of nitrogens with one attached hydrogen (secondary N) is 1. The van der Waals surface area contributed by atoms with Gasteiger partial charge in [0.25, 0.3) is 0 Å². The Hall–Kier alpha value is -1.31. The van der Waals surface area contributed by atoms with Crippen LogP contribution in [0.3, 0.4) is 0 Å². The molecule has 0 saturated carbocycles. The van der Waals surface area contributed by atoms with E-state index >= 15 is 0 Å². The van der Waals surface area contributed by atoms with Crippen molar-refractivity contribution in [2.24, 2.45) is 0 Å². The topological polar surface area (TPSA) is 29.1 Å². The van der Waals surface area contributed by atoms with E-state index in [2.05, 4.69) is 55.6 Å². The summed E-state index contributed by atoms with van der Waals surface area (Å²) in [6.45, 7) is 5.29. The van der Waals surface area contributed by atoms with Gasteiger partial charge >= 0.3 is 0 Å². The average Bonchev–Trinajstić information content (AvgIpc) is 2.75. The van der Waals surface area contributed by atoms with Gasteiger partial charge in [-0.2, -0.15) is 0 Å². The second kappa shape index (κ2) is 25.7. The lowest BCUT2D eigenvalue weighted by atomic mass is 10.1. The van der Waals surface area contributed by atoms with Crippen molar-refractivity contribution in [3.05, 3.63) is 36.5 Å². The Balaban J connectivity index is 3.27. The van der Waals surface area contributed by atoms with Crippen molar-refractivity contribution in [2.75, 3.05) is 6.54 Å². The highest BCUT2D eigenvalue weighted by atomic mass is 16.1. The molecule has 174 valence electrons. The van der Waals surface area contributed by atoms with Gasteiger partial charge in [0.2, 0.25) is 5.91 Å². The van der Waals surface area contributed by atoms with Gasteiger partial charge in [0.1, 0.15) is 0 Å². The van der Waals surface area contributed by atoms with Gasteiger partial charge in [-0.1, -0.05) is 115 Å². The zero-order chi connectivity index (χ0) is 22.0. The highest BCUT2D eigenvalue weighted by molar-refractivity contribution is 5.75. The fourth-order valence-electron chi connectivity index (χ4n) is 3.48. The number of carbonyl (C=O) groups is 1. The second-order valence-electron chi connectivity index (χ2n) is 8.43. The van der Waals surface area contributed by atoms with Gasteiger partial charge in [0.05, 0.1) is 0 Å². The minimum Gasteiger partial charge on any atom is -0.356 e. The maximum Gasteiger partial charge on any atom is 0.219 e. The minimum absolute atomic E-state index is 0.249. The van der Waals surface area contributed by atoms with E-state index in [1.165, 1.54) is 77.0 Å². The maximum atomic E-state index is 11.9. The predicted molar refractivity (Wildman–Crippen MR) is 135 cm³/mol. The van der Waals surface area contributed by atoms with Gasteiger partial charge in [-0.15, -0.1) is 0 Å². The van der Waals surface area contributed by atoms with Crippen molar-refractivity contribution >= 4 is 5.91 Å². The third-order valence-electron chi connectivity index (χ3n) is 5.41. The monoisotopic (exact) mass is 417 g/mol. The zero-order valence-corrected chi connectivity index (χ0v) is 20.3. The molecule has 1 N–H and O–H groups in total. The van der Waals surface area contributed by atoms with Crippen LogP contribution < -0.4 is 5.32 Å². The van der Waals surface area contributed by atoms with Crippen molar-refractivity contribution < 1.29 is 4.79 Å². The molecule has 2 heteroatoms. The standard InChI is InChI=1S/C28H51NO/c1-3-5-7-9-11-13-14-15-16-17-18-19-20-22-24-26-28(30)29-27-25-23-21-12-10-8-6-4-2/h5,7,11,13,15-16H,3-4,6,8-10,12,14,17-27H2,1-2H3,(H,29,30)/b7-5-,13-11-,16-15-. The van der Waals surface area contributed by atoms with E-state index in [-0.39, 0.29) is 5.91 Å². The van der Waals surface area contributed by atoms with Gasteiger partial charge in [-0.3, -0.25) is 4.79 Å². The summed E-state index contributed by atoms with van der Waals surface area (Å²) in [6, 6.07) is 0. The molecule has 0 radical (unpaired) electrons. The van der Waals surface area contributed by atoms with Crippen molar-refractivity contribution in [1.82, 2.24) is 5.32 Å². The van der Waals surface area contributed by atoms with Gasteiger partial charge in [0, 0.05) is 13.0 Å². The molecule has 1 amide bonds. The molecule has 0 spiro atoms. The van der Waals surface area contributed by atoms with Crippen LogP contribution >= 0.6 is 0 Å². The molecule has 0 aliphatic heterocycles. The molecule has 0 aromatic carbocycles. The van der Waals surface area contributed by atoms with Gasteiger partial charge in [-0.25, -0.2) is 0 Å². The van der Waals surface area contributed by atoms with E-state index in [1.54, 1.807) is 0 Å². The first kappa shape index (κ1) is 28.7. The van der Waals surface area contributed by atoms with Crippen molar-refractivity contribution in [3.8, 4) is 0 Å². The normalized spacial score (nSPS) is 11.9.